The summed E-state index contributed by atoms with van der Waals surface area (Å²) in [5.41, 5.74) is 2.79. The third-order valence-corrected chi connectivity index (χ3v) is 7.79. The summed E-state index contributed by atoms with van der Waals surface area (Å²) in [6, 6.07) is 48.2. The van der Waals surface area contributed by atoms with Gasteiger partial charge in [-0.1, -0.05) is 133 Å². The summed E-state index contributed by atoms with van der Waals surface area (Å²) in [4.78, 5) is 0. The van der Waals surface area contributed by atoms with E-state index < -0.39 is 0 Å². The van der Waals surface area contributed by atoms with Gasteiger partial charge in [0.15, 0.2) is 0 Å². The Morgan fingerprint density at radius 2 is 0.583 bits per heavy atom. The Bertz CT molecular complexity index is 1980. The van der Waals surface area contributed by atoms with Crippen molar-refractivity contribution in [2.24, 2.45) is 0 Å². The van der Waals surface area contributed by atoms with Gasteiger partial charge in [0.25, 0.3) is 0 Å². The summed E-state index contributed by atoms with van der Waals surface area (Å²) in [5, 5.41) is 16.3. The summed E-state index contributed by atoms with van der Waals surface area (Å²) >= 11 is 0. The second kappa shape index (κ2) is 7.41. The van der Waals surface area contributed by atoms with Gasteiger partial charge in [-0.3, -0.25) is 0 Å². The quantitative estimate of drug-likeness (QED) is 0.200. The van der Waals surface area contributed by atoms with Crippen LogP contribution in [0.5, 0.6) is 0 Å². The minimum Gasteiger partial charge on any atom is -0.0616 e. The minimum absolute atomic E-state index is 1.31. The predicted molar refractivity (Wildman–Crippen MR) is 157 cm³/mol. The Labute approximate surface area is 209 Å². The Morgan fingerprint density at radius 3 is 1.08 bits per heavy atom. The first-order valence-corrected chi connectivity index (χ1v) is 12.5. The second-order valence-corrected chi connectivity index (χ2v) is 9.71. The van der Waals surface area contributed by atoms with E-state index in [2.05, 4.69) is 133 Å². The molecule has 0 aliphatic heterocycles. The maximum absolute atomic E-state index is 2.25. The van der Waals surface area contributed by atoms with Crippen LogP contribution in [0.4, 0.5) is 0 Å². The molecule has 0 radical (unpaired) electrons. The van der Waals surface area contributed by atoms with Crippen LogP contribution in [0.2, 0.25) is 0 Å². The minimum atomic E-state index is 1.31. The maximum Gasteiger partial charge on any atom is -0.00143 e. The Balaban J connectivity index is 0.000000114. The van der Waals surface area contributed by atoms with Crippen molar-refractivity contribution in [3.05, 3.63) is 133 Å². The fourth-order valence-corrected chi connectivity index (χ4v) is 6.20. The van der Waals surface area contributed by atoms with Crippen LogP contribution in [-0.2, 0) is 0 Å². The molecule has 0 bridgehead atoms. The van der Waals surface area contributed by atoms with Gasteiger partial charge in [0.1, 0.15) is 0 Å². The monoisotopic (exact) mass is 454 g/mol. The van der Waals surface area contributed by atoms with Gasteiger partial charge in [-0.15, -0.1) is 0 Å². The molecule has 9 rings (SSSR count). The molecule has 0 heteroatoms. The van der Waals surface area contributed by atoms with Crippen molar-refractivity contribution in [1.82, 2.24) is 0 Å². The van der Waals surface area contributed by atoms with Crippen LogP contribution in [0, 0.1) is 0 Å². The average molecular weight is 455 g/mol. The molecular formula is C36H22. The van der Waals surface area contributed by atoms with Gasteiger partial charge in [0.05, 0.1) is 0 Å². The molecule has 0 N–H and O–H groups in total. The highest BCUT2D eigenvalue weighted by molar-refractivity contribution is 6.32. The Morgan fingerprint density at radius 1 is 0.222 bits per heavy atom. The van der Waals surface area contributed by atoms with Crippen LogP contribution in [0.15, 0.2) is 133 Å². The zero-order valence-electron chi connectivity index (χ0n) is 19.7. The highest BCUT2D eigenvalue weighted by atomic mass is 14.2. The van der Waals surface area contributed by atoms with Crippen LogP contribution in [-0.4, -0.2) is 0 Å². The Kier molecular flexibility index (Phi) is 4.03. The van der Waals surface area contributed by atoms with E-state index in [0.29, 0.717) is 0 Å². The molecule has 1 aliphatic carbocycles. The standard InChI is InChI=1S/C18H10.C18H12/c1-3-11-7-9-13-10-8-12-4-2-6-15-14(5-1)16(11)18(13)17(12)15;1-3-7-16-13(5-1)9-11-15-12-10-14-6-2-4-8-17(14)18(15)16/h1-10H;1-12H. The Hall–Kier alpha value is -4.68. The first-order chi connectivity index (χ1) is 17.9. The molecule has 8 aromatic carbocycles. The zero-order valence-corrected chi connectivity index (χ0v) is 19.7. The van der Waals surface area contributed by atoms with Gasteiger partial charge in [0.2, 0.25) is 0 Å². The van der Waals surface area contributed by atoms with Gasteiger partial charge >= 0.3 is 0 Å². The van der Waals surface area contributed by atoms with Crippen molar-refractivity contribution in [3.8, 4) is 11.1 Å². The van der Waals surface area contributed by atoms with Crippen molar-refractivity contribution in [3.63, 3.8) is 0 Å². The smallest absolute Gasteiger partial charge is 0.00143 e. The zero-order chi connectivity index (χ0) is 23.6. The molecule has 0 atom stereocenters. The summed E-state index contributed by atoms with van der Waals surface area (Å²) in [6.07, 6.45) is 0. The van der Waals surface area contributed by atoms with E-state index in [4.69, 9.17) is 0 Å². The average Bonchev–Trinajstić information content (AvgIpc) is 3.30. The molecule has 0 amide bonds. The number of rotatable bonds is 0. The molecule has 1 aliphatic rings. The molecule has 0 heterocycles. The molecule has 0 fully saturated rings. The first-order valence-electron chi connectivity index (χ1n) is 12.5. The fourth-order valence-electron chi connectivity index (χ4n) is 6.20. The topological polar surface area (TPSA) is 0 Å². The van der Waals surface area contributed by atoms with Crippen LogP contribution >= 0.6 is 0 Å². The van der Waals surface area contributed by atoms with E-state index in [9.17, 15) is 0 Å². The van der Waals surface area contributed by atoms with Crippen molar-refractivity contribution >= 4 is 64.6 Å². The van der Waals surface area contributed by atoms with E-state index >= 15 is 0 Å². The number of hydrogen-bond acceptors (Lipinski definition) is 0. The molecule has 0 saturated heterocycles. The first kappa shape index (κ1) is 19.6. The predicted octanol–water partition coefficient (Wildman–Crippen LogP) is 10.3. The lowest BCUT2D eigenvalue weighted by atomic mass is 9.97. The van der Waals surface area contributed by atoms with Gasteiger partial charge in [-0.05, 0) is 75.8 Å². The largest absolute Gasteiger partial charge is 0.0616 e. The molecule has 0 unspecified atom stereocenters. The molecule has 0 spiro atoms. The third kappa shape index (κ3) is 2.70. The molecule has 8 aromatic rings. The van der Waals surface area contributed by atoms with E-state index in [1.54, 1.807) is 0 Å². The number of benzene rings is 8. The van der Waals surface area contributed by atoms with Gasteiger partial charge in [0, 0.05) is 0 Å². The normalized spacial score (nSPS) is 11.9. The molecular weight excluding hydrogens is 432 g/mol. The summed E-state index contributed by atoms with van der Waals surface area (Å²) in [7, 11) is 0. The van der Waals surface area contributed by atoms with Crippen molar-refractivity contribution in [1.29, 1.82) is 0 Å². The summed E-state index contributed by atoms with van der Waals surface area (Å²) in [6.45, 7) is 0. The van der Waals surface area contributed by atoms with Crippen LogP contribution < -0.4 is 0 Å². The van der Waals surface area contributed by atoms with Crippen molar-refractivity contribution < 1.29 is 0 Å². The van der Waals surface area contributed by atoms with Crippen LogP contribution in [0.25, 0.3) is 75.8 Å². The van der Waals surface area contributed by atoms with E-state index in [1.807, 2.05) is 0 Å². The van der Waals surface area contributed by atoms with E-state index in [-0.39, 0.29) is 0 Å². The highest BCUT2D eigenvalue weighted by Gasteiger charge is 2.19. The number of hydrogen-bond donors (Lipinski definition) is 0. The fraction of sp³-hybridized carbons (Fsp3) is 0. The van der Waals surface area contributed by atoms with Gasteiger partial charge in [-0.2, -0.15) is 0 Å². The van der Waals surface area contributed by atoms with E-state index in [0.717, 1.165) is 0 Å². The van der Waals surface area contributed by atoms with Gasteiger partial charge < -0.3 is 0 Å². The van der Waals surface area contributed by atoms with Gasteiger partial charge in [-0.25, -0.2) is 0 Å². The van der Waals surface area contributed by atoms with E-state index in [1.165, 1.54) is 75.8 Å². The SMILES string of the molecule is c1cc2c3c(c1)ccc1ccc4cccc-2c4c13.c1ccc2c(c1)ccc1ccc3ccccc3c12. The molecule has 166 valence electrons. The summed E-state index contributed by atoms with van der Waals surface area (Å²) in [5.74, 6) is 0. The maximum atomic E-state index is 2.25. The van der Waals surface area contributed by atoms with Crippen LogP contribution in [0.1, 0.15) is 0 Å². The molecule has 36 heavy (non-hydrogen) atoms. The lowest BCUT2D eigenvalue weighted by molar-refractivity contribution is 1.77. The lowest BCUT2D eigenvalue weighted by Crippen LogP contribution is -1.80. The summed E-state index contributed by atoms with van der Waals surface area (Å²) < 4.78 is 0. The van der Waals surface area contributed by atoms with Crippen LogP contribution in [0.3, 0.4) is 0 Å². The highest BCUT2D eigenvalue weighted by Crippen LogP contribution is 2.47. The number of fused-ring (bicyclic) bond motifs is 6. The molecule has 0 nitrogen and oxygen atoms in total. The second-order valence-electron chi connectivity index (χ2n) is 9.71. The lowest BCUT2D eigenvalue weighted by Gasteiger charge is -2.07. The van der Waals surface area contributed by atoms with Crippen molar-refractivity contribution in [2.45, 2.75) is 0 Å². The van der Waals surface area contributed by atoms with Crippen molar-refractivity contribution in [2.75, 3.05) is 0 Å². The molecule has 0 saturated carbocycles. The molecule has 0 aromatic heterocycles. The third-order valence-electron chi connectivity index (χ3n) is 7.79.